The number of hydrogen-bond donors (Lipinski definition) is 2. The molecule has 0 heterocycles. The lowest BCUT2D eigenvalue weighted by Gasteiger charge is -2.21. The number of carbonyl (C=O) groups is 1. The van der Waals surface area contributed by atoms with Crippen molar-refractivity contribution in [1.29, 1.82) is 0 Å². The van der Waals surface area contributed by atoms with Crippen molar-refractivity contribution in [2.24, 2.45) is 11.7 Å². The Morgan fingerprint density at radius 2 is 2.05 bits per heavy atom. The minimum Gasteiger partial charge on any atom is -0.494 e. The van der Waals surface area contributed by atoms with Crippen LogP contribution in [-0.2, 0) is 4.79 Å². The van der Waals surface area contributed by atoms with E-state index in [1.165, 1.54) is 0 Å². The lowest BCUT2D eigenvalue weighted by molar-refractivity contribution is -0.124. The zero-order valence-corrected chi connectivity index (χ0v) is 12.8. The molecule has 0 bridgehead atoms. The van der Waals surface area contributed by atoms with Crippen molar-refractivity contribution in [2.75, 3.05) is 6.61 Å². The first-order valence-corrected chi connectivity index (χ1v) is 7.28. The fraction of sp³-hybridized carbons (Fsp3) is 0.562. The van der Waals surface area contributed by atoms with E-state index in [1.807, 2.05) is 52.0 Å². The molecule has 0 radical (unpaired) electrons. The predicted octanol–water partition coefficient (Wildman–Crippen LogP) is 2.64. The molecule has 3 N–H and O–H groups in total. The summed E-state index contributed by atoms with van der Waals surface area (Å²) >= 11 is 0. The molecule has 0 aliphatic heterocycles. The lowest BCUT2D eigenvalue weighted by Crippen LogP contribution is -2.45. The van der Waals surface area contributed by atoms with E-state index in [1.54, 1.807) is 0 Å². The lowest BCUT2D eigenvalue weighted by atomic mass is 9.98. The van der Waals surface area contributed by atoms with E-state index < -0.39 is 6.04 Å². The van der Waals surface area contributed by atoms with E-state index in [4.69, 9.17) is 10.5 Å². The molecule has 3 atom stereocenters. The van der Waals surface area contributed by atoms with Crippen molar-refractivity contribution in [3.8, 4) is 5.75 Å². The molecule has 0 fully saturated rings. The van der Waals surface area contributed by atoms with Gasteiger partial charge in [-0.2, -0.15) is 0 Å². The van der Waals surface area contributed by atoms with Crippen molar-refractivity contribution in [2.45, 2.75) is 46.2 Å². The maximum absolute atomic E-state index is 12.1. The fourth-order valence-corrected chi connectivity index (χ4v) is 1.95. The minimum atomic E-state index is -0.461. The molecule has 0 spiro atoms. The van der Waals surface area contributed by atoms with E-state index in [9.17, 15) is 4.79 Å². The summed E-state index contributed by atoms with van der Waals surface area (Å²) in [6.45, 7) is 8.55. The average molecular weight is 278 g/mol. The first-order chi connectivity index (χ1) is 9.49. The Balaban J connectivity index is 2.68. The summed E-state index contributed by atoms with van der Waals surface area (Å²) in [6.07, 6.45) is 0.892. The zero-order chi connectivity index (χ0) is 15.1. The normalized spacial score (nSPS) is 15.2. The SMILES string of the molecule is CCOc1cccc([C@H](C)NC(=O)[C@H](N)[C@H](C)CC)c1. The van der Waals surface area contributed by atoms with E-state index >= 15 is 0 Å². The number of rotatable bonds is 7. The minimum absolute atomic E-state index is 0.0852. The summed E-state index contributed by atoms with van der Waals surface area (Å²) in [5.74, 6) is 0.892. The maximum Gasteiger partial charge on any atom is 0.237 e. The molecule has 4 nitrogen and oxygen atoms in total. The summed E-state index contributed by atoms with van der Waals surface area (Å²) < 4.78 is 5.47. The number of nitrogens with two attached hydrogens (primary N) is 1. The largest absolute Gasteiger partial charge is 0.494 e. The number of amides is 1. The number of carbonyl (C=O) groups excluding carboxylic acids is 1. The van der Waals surface area contributed by atoms with Gasteiger partial charge in [-0.25, -0.2) is 0 Å². The molecule has 112 valence electrons. The van der Waals surface area contributed by atoms with Crippen molar-refractivity contribution in [1.82, 2.24) is 5.32 Å². The highest BCUT2D eigenvalue weighted by molar-refractivity contribution is 5.82. The molecule has 4 heteroatoms. The molecule has 1 rings (SSSR count). The maximum atomic E-state index is 12.1. The highest BCUT2D eigenvalue weighted by Crippen LogP contribution is 2.19. The Morgan fingerprint density at radius 1 is 1.35 bits per heavy atom. The predicted molar refractivity (Wildman–Crippen MR) is 81.6 cm³/mol. The van der Waals surface area contributed by atoms with Gasteiger partial charge in [0.1, 0.15) is 5.75 Å². The number of nitrogens with one attached hydrogen (secondary N) is 1. The highest BCUT2D eigenvalue weighted by Gasteiger charge is 2.21. The van der Waals surface area contributed by atoms with Crippen molar-refractivity contribution >= 4 is 5.91 Å². The van der Waals surface area contributed by atoms with Crippen LogP contribution < -0.4 is 15.8 Å². The van der Waals surface area contributed by atoms with Crippen molar-refractivity contribution in [3.63, 3.8) is 0 Å². The first-order valence-electron chi connectivity index (χ1n) is 7.28. The van der Waals surface area contributed by atoms with Crippen LogP contribution in [0.3, 0.4) is 0 Å². The molecule has 0 saturated carbocycles. The molecule has 0 aliphatic rings. The molecule has 0 saturated heterocycles. The van der Waals surface area contributed by atoms with Crippen LogP contribution in [0.5, 0.6) is 5.75 Å². The van der Waals surface area contributed by atoms with Crippen LogP contribution in [0, 0.1) is 5.92 Å². The van der Waals surface area contributed by atoms with E-state index in [0.717, 1.165) is 17.7 Å². The van der Waals surface area contributed by atoms with Crippen LogP contribution in [0.15, 0.2) is 24.3 Å². The topological polar surface area (TPSA) is 64.3 Å². The van der Waals surface area contributed by atoms with Crippen LogP contribution in [0.25, 0.3) is 0 Å². The summed E-state index contributed by atoms with van der Waals surface area (Å²) in [5.41, 5.74) is 6.95. The van der Waals surface area contributed by atoms with Gasteiger partial charge in [-0.3, -0.25) is 4.79 Å². The standard InChI is InChI=1S/C16H26N2O2/c1-5-11(3)15(17)16(19)18-12(4)13-8-7-9-14(10-13)20-6-2/h7-12,15H,5-6,17H2,1-4H3,(H,18,19)/t11-,12+,15-/m1/s1. The molecule has 1 aromatic carbocycles. The second-order valence-electron chi connectivity index (χ2n) is 5.15. The Hall–Kier alpha value is -1.55. The Bertz CT molecular complexity index is 434. The number of ether oxygens (including phenoxy) is 1. The Morgan fingerprint density at radius 3 is 2.65 bits per heavy atom. The summed E-state index contributed by atoms with van der Waals surface area (Å²) in [4.78, 5) is 12.1. The summed E-state index contributed by atoms with van der Waals surface area (Å²) in [5, 5.41) is 2.96. The number of benzene rings is 1. The fourth-order valence-electron chi connectivity index (χ4n) is 1.95. The molecular weight excluding hydrogens is 252 g/mol. The van der Waals surface area contributed by atoms with Gasteiger partial charge >= 0.3 is 0 Å². The molecular formula is C16H26N2O2. The Labute approximate surface area is 121 Å². The van der Waals surface area contributed by atoms with Gasteiger partial charge in [0, 0.05) is 0 Å². The second kappa shape index (κ2) is 7.90. The zero-order valence-electron chi connectivity index (χ0n) is 12.8. The molecule has 20 heavy (non-hydrogen) atoms. The van der Waals surface area contributed by atoms with Gasteiger partial charge < -0.3 is 15.8 Å². The summed E-state index contributed by atoms with van der Waals surface area (Å²) in [6, 6.07) is 7.21. The van der Waals surface area contributed by atoms with Crippen molar-refractivity contribution < 1.29 is 9.53 Å². The summed E-state index contributed by atoms with van der Waals surface area (Å²) in [7, 11) is 0. The van der Waals surface area contributed by atoms with E-state index in [-0.39, 0.29) is 17.9 Å². The number of hydrogen-bond acceptors (Lipinski definition) is 3. The van der Waals surface area contributed by atoms with Gasteiger partial charge in [-0.05, 0) is 37.5 Å². The van der Waals surface area contributed by atoms with Crippen LogP contribution in [0.2, 0.25) is 0 Å². The second-order valence-corrected chi connectivity index (χ2v) is 5.15. The molecule has 0 aliphatic carbocycles. The van der Waals surface area contributed by atoms with Gasteiger partial charge in [0.2, 0.25) is 5.91 Å². The van der Waals surface area contributed by atoms with Crippen LogP contribution >= 0.6 is 0 Å². The molecule has 1 amide bonds. The van der Waals surface area contributed by atoms with Crippen LogP contribution in [0.1, 0.15) is 45.7 Å². The van der Waals surface area contributed by atoms with Gasteiger partial charge in [-0.1, -0.05) is 32.4 Å². The average Bonchev–Trinajstić information content (AvgIpc) is 2.46. The van der Waals surface area contributed by atoms with Gasteiger partial charge in [-0.15, -0.1) is 0 Å². The molecule has 0 aromatic heterocycles. The first kappa shape index (κ1) is 16.5. The van der Waals surface area contributed by atoms with Crippen LogP contribution in [-0.4, -0.2) is 18.6 Å². The van der Waals surface area contributed by atoms with Gasteiger partial charge in [0.25, 0.3) is 0 Å². The Kier molecular flexibility index (Phi) is 6.52. The molecule has 0 unspecified atom stereocenters. The van der Waals surface area contributed by atoms with Crippen LogP contribution in [0.4, 0.5) is 0 Å². The van der Waals surface area contributed by atoms with Gasteiger partial charge in [0.05, 0.1) is 18.7 Å². The third kappa shape index (κ3) is 4.53. The van der Waals surface area contributed by atoms with E-state index in [2.05, 4.69) is 5.32 Å². The molecule has 1 aromatic rings. The quantitative estimate of drug-likeness (QED) is 0.806. The smallest absolute Gasteiger partial charge is 0.237 e. The van der Waals surface area contributed by atoms with Crippen molar-refractivity contribution in [3.05, 3.63) is 29.8 Å². The van der Waals surface area contributed by atoms with Gasteiger partial charge in [0.15, 0.2) is 0 Å². The third-order valence-corrected chi connectivity index (χ3v) is 3.59. The highest BCUT2D eigenvalue weighted by atomic mass is 16.5. The third-order valence-electron chi connectivity index (χ3n) is 3.59. The van der Waals surface area contributed by atoms with E-state index in [0.29, 0.717) is 6.61 Å². The monoisotopic (exact) mass is 278 g/mol.